The van der Waals surface area contributed by atoms with E-state index in [9.17, 15) is 9.90 Å². The first-order valence-electron chi connectivity index (χ1n) is 10.6. The van der Waals surface area contributed by atoms with E-state index in [-0.39, 0.29) is 24.4 Å². The van der Waals surface area contributed by atoms with Crippen molar-refractivity contribution in [2.75, 3.05) is 19.7 Å². The van der Waals surface area contributed by atoms with Crippen LogP contribution in [0, 0.1) is 19.3 Å². The zero-order chi connectivity index (χ0) is 21.9. The molecule has 6 nitrogen and oxygen atoms in total. The summed E-state index contributed by atoms with van der Waals surface area (Å²) in [6.45, 7) is 10.9. The van der Waals surface area contributed by atoms with Crippen LogP contribution in [-0.4, -0.2) is 51.2 Å². The quantitative estimate of drug-likeness (QED) is 0.785. The zero-order valence-electron chi connectivity index (χ0n) is 18.7. The number of likely N-dealkylation sites (tertiary alicyclic amines) is 1. The van der Waals surface area contributed by atoms with Crippen molar-refractivity contribution < 1.29 is 14.6 Å². The topological polar surface area (TPSA) is 75.6 Å². The van der Waals surface area contributed by atoms with Gasteiger partial charge in [-0.05, 0) is 37.8 Å². The Morgan fingerprint density at radius 2 is 1.83 bits per heavy atom. The van der Waals surface area contributed by atoms with Gasteiger partial charge in [0.2, 0.25) is 5.91 Å². The van der Waals surface area contributed by atoms with Crippen LogP contribution in [0.15, 0.2) is 36.4 Å². The Balaban J connectivity index is 1.61. The lowest BCUT2D eigenvalue weighted by Crippen LogP contribution is -2.61. The van der Waals surface area contributed by atoms with Crippen LogP contribution in [0.5, 0.6) is 6.01 Å². The van der Waals surface area contributed by atoms with Gasteiger partial charge in [0.15, 0.2) is 0 Å². The molecule has 1 fully saturated rings. The van der Waals surface area contributed by atoms with Crippen LogP contribution in [0.25, 0.3) is 0 Å². The molecule has 1 saturated heterocycles. The van der Waals surface area contributed by atoms with Gasteiger partial charge in [-0.2, -0.15) is 0 Å². The van der Waals surface area contributed by atoms with E-state index in [0.29, 0.717) is 25.9 Å². The normalized spacial score (nSPS) is 21.9. The molecular weight excluding hydrogens is 378 g/mol. The van der Waals surface area contributed by atoms with Crippen molar-refractivity contribution >= 4 is 5.91 Å². The van der Waals surface area contributed by atoms with Crippen LogP contribution in [-0.2, 0) is 4.79 Å². The molecule has 0 spiro atoms. The Hall–Kier alpha value is -2.47. The first-order valence-corrected chi connectivity index (χ1v) is 10.6. The number of aryl methyl sites for hydroxylation is 2. The summed E-state index contributed by atoms with van der Waals surface area (Å²) < 4.78 is 5.79. The summed E-state index contributed by atoms with van der Waals surface area (Å²) in [5, 5.41) is 11.3. The molecule has 0 radical (unpaired) electrons. The maximum absolute atomic E-state index is 12.9. The van der Waals surface area contributed by atoms with Crippen molar-refractivity contribution in [3.05, 3.63) is 53.3 Å². The molecule has 2 atom stereocenters. The number of rotatable bonds is 6. The van der Waals surface area contributed by atoms with Gasteiger partial charge >= 0.3 is 6.01 Å². The van der Waals surface area contributed by atoms with Crippen LogP contribution < -0.4 is 4.74 Å². The molecular formula is C24H33N3O3. The number of aliphatic hydroxyl groups is 1. The van der Waals surface area contributed by atoms with Crippen LogP contribution in [0.2, 0.25) is 0 Å². The number of hydrogen-bond donors (Lipinski definition) is 1. The van der Waals surface area contributed by atoms with Gasteiger partial charge in [0.05, 0.1) is 0 Å². The third kappa shape index (κ3) is 4.98. The second kappa shape index (κ2) is 8.72. The van der Waals surface area contributed by atoms with E-state index >= 15 is 0 Å². The van der Waals surface area contributed by atoms with Gasteiger partial charge in [0.25, 0.3) is 0 Å². The molecule has 2 heterocycles. The van der Waals surface area contributed by atoms with E-state index in [4.69, 9.17) is 4.74 Å². The van der Waals surface area contributed by atoms with E-state index in [1.54, 1.807) is 0 Å². The van der Waals surface area contributed by atoms with Crippen molar-refractivity contribution in [3.8, 4) is 6.01 Å². The molecule has 0 bridgehead atoms. The molecule has 30 heavy (non-hydrogen) atoms. The van der Waals surface area contributed by atoms with Crippen molar-refractivity contribution in [2.24, 2.45) is 5.41 Å². The number of ether oxygens (including phenoxy) is 1. The van der Waals surface area contributed by atoms with E-state index in [1.165, 1.54) is 5.56 Å². The molecule has 2 aromatic rings. The zero-order valence-corrected chi connectivity index (χ0v) is 18.7. The fourth-order valence-electron chi connectivity index (χ4n) is 4.07. The first-order chi connectivity index (χ1) is 14.1. The van der Waals surface area contributed by atoms with Gasteiger partial charge in [-0.15, -0.1) is 0 Å². The van der Waals surface area contributed by atoms with E-state index in [0.717, 1.165) is 11.4 Å². The third-order valence-corrected chi connectivity index (χ3v) is 6.25. The number of amides is 1. The number of hydrogen-bond acceptors (Lipinski definition) is 5. The summed E-state index contributed by atoms with van der Waals surface area (Å²) in [6.07, 6.45) is 0.918. The fourth-order valence-corrected chi connectivity index (χ4v) is 4.07. The predicted octanol–water partition coefficient (Wildman–Crippen LogP) is 3.66. The van der Waals surface area contributed by atoms with Crippen molar-refractivity contribution in [3.63, 3.8) is 0 Å². The summed E-state index contributed by atoms with van der Waals surface area (Å²) in [5.74, 6) is 0.285. The van der Waals surface area contributed by atoms with Gasteiger partial charge < -0.3 is 14.7 Å². The second-order valence-electron chi connectivity index (χ2n) is 9.22. The summed E-state index contributed by atoms with van der Waals surface area (Å²) >= 11 is 0. The monoisotopic (exact) mass is 411 g/mol. The Bertz CT molecular complexity index is 864. The highest BCUT2D eigenvalue weighted by molar-refractivity contribution is 5.77. The van der Waals surface area contributed by atoms with Gasteiger partial charge in [0.1, 0.15) is 12.2 Å². The second-order valence-corrected chi connectivity index (χ2v) is 9.22. The van der Waals surface area contributed by atoms with Gasteiger partial charge in [-0.3, -0.25) is 4.79 Å². The maximum Gasteiger partial charge on any atom is 0.316 e. The Kier molecular flexibility index (Phi) is 6.46. The SMILES string of the molecule is Cc1cc(C)nc(OC[C@@]2(O)CCN(C(=O)C[C@H](C)c3ccccc3)CC2(C)C)n1. The summed E-state index contributed by atoms with van der Waals surface area (Å²) in [7, 11) is 0. The average Bonchev–Trinajstić information content (AvgIpc) is 2.68. The number of aromatic nitrogens is 2. The number of benzene rings is 1. The number of carbonyl (C=O) groups is 1. The highest BCUT2D eigenvalue weighted by Gasteiger charge is 2.49. The maximum atomic E-state index is 12.9. The Labute approximate surface area is 179 Å². The van der Waals surface area contributed by atoms with Crippen molar-refractivity contribution in [2.45, 2.75) is 59.0 Å². The smallest absolute Gasteiger partial charge is 0.316 e. The minimum atomic E-state index is -1.06. The Morgan fingerprint density at radius 1 is 1.20 bits per heavy atom. The molecule has 3 rings (SSSR count). The molecule has 1 N–H and O–H groups in total. The van der Waals surface area contributed by atoms with Crippen LogP contribution in [0.4, 0.5) is 0 Å². The standard InChI is InChI=1S/C24H33N3O3/c1-17(20-9-7-6-8-10-20)13-21(28)27-12-11-24(29,23(4,5)15-27)16-30-22-25-18(2)14-19(3)26-22/h6-10,14,17,29H,11-13,15-16H2,1-5H3/t17-,24-/m0/s1. The predicted molar refractivity (Wildman–Crippen MR) is 116 cm³/mol. The van der Waals surface area contributed by atoms with Crippen LogP contribution in [0.3, 0.4) is 0 Å². The van der Waals surface area contributed by atoms with E-state index in [2.05, 4.69) is 29.0 Å². The average molecular weight is 412 g/mol. The van der Waals surface area contributed by atoms with Crippen molar-refractivity contribution in [1.82, 2.24) is 14.9 Å². The summed E-state index contributed by atoms with van der Waals surface area (Å²) in [4.78, 5) is 23.4. The van der Waals surface area contributed by atoms with E-state index < -0.39 is 11.0 Å². The minimum Gasteiger partial charge on any atom is -0.460 e. The molecule has 162 valence electrons. The summed E-state index contributed by atoms with van der Waals surface area (Å²) in [6, 6.07) is 12.3. The van der Waals surface area contributed by atoms with Gasteiger partial charge in [-0.25, -0.2) is 9.97 Å². The van der Waals surface area contributed by atoms with Gasteiger partial charge in [-0.1, -0.05) is 51.1 Å². The van der Waals surface area contributed by atoms with Crippen LogP contribution in [0.1, 0.15) is 56.5 Å². The summed E-state index contributed by atoms with van der Waals surface area (Å²) in [5.41, 5.74) is 1.25. The van der Waals surface area contributed by atoms with Crippen LogP contribution >= 0.6 is 0 Å². The molecule has 1 aliphatic rings. The molecule has 1 aromatic carbocycles. The molecule has 1 aliphatic heterocycles. The Morgan fingerprint density at radius 3 is 2.43 bits per heavy atom. The largest absolute Gasteiger partial charge is 0.460 e. The first kappa shape index (κ1) is 22.2. The molecule has 0 aliphatic carbocycles. The van der Waals surface area contributed by atoms with Gasteiger partial charge in [0, 0.05) is 36.3 Å². The lowest BCUT2D eigenvalue weighted by molar-refractivity contribution is -0.158. The molecule has 1 aromatic heterocycles. The lowest BCUT2D eigenvalue weighted by Gasteiger charge is -2.49. The van der Waals surface area contributed by atoms with Crippen molar-refractivity contribution in [1.29, 1.82) is 0 Å². The number of carbonyl (C=O) groups excluding carboxylic acids is 1. The highest BCUT2D eigenvalue weighted by Crippen LogP contribution is 2.39. The molecule has 1 amide bonds. The lowest BCUT2D eigenvalue weighted by atomic mass is 9.70. The fraction of sp³-hybridized carbons (Fsp3) is 0.542. The number of piperidine rings is 1. The molecule has 6 heteroatoms. The molecule has 0 saturated carbocycles. The number of nitrogens with zero attached hydrogens (tertiary/aromatic N) is 3. The van der Waals surface area contributed by atoms with E-state index in [1.807, 2.05) is 56.9 Å². The third-order valence-electron chi connectivity index (χ3n) is 6.25. The highest BCUT2D eigenvalue weighted by atomic mass is 16.5. The molecule has 0 unspecified atom stereocenters. The minimum absolute atomic E-state index is 0.103.